The van der Waals surface area contributed by atoms with Crippen LogP contribution in [0.15, 0.2) is 24.3 Å². The van der Waals surface area contributed by atoms with Crippen LogP contribution in [0.25, 0.3) is 0 Å². The number of hydrogen-bond acceptors (Lipinski definition) is 2. The Labute approximate surface area is 114 Å². The van der Waals surface area contributed by atoms with Crippen molar-refractivity contribution in [1.82, 2.24) is 10.6 Å². The summed E-state index contributed by atoms with van der Waals surface area (Å²) in [4.78, 5) is 11.7. The molecule has 106 valence electrons. The molecule has 0 bridgehead atoms. The van der Waals surface area contributed by atoms with Gasteiger partial charge in [0.2, 0.25) is 5.91 Å². The van der Waals surface area contributed by atoms with Gasteiger partial charge >= 0.3 is 0 Å². The van der Waals surface area contributed by atoms with E-state index in [0.29, 0.717) is 5.92 Å². The molecule has 0 saturated heterocycles. The molecule has 0 aliphatic rings. The lowest BCUT2D eigenvalue weighted by molar-refractivity contribution is -0.121. The Kier molecular flexibility index (Phi) is 5.96. The third kappa shape index (κ3) is 5.39. The summed E-state index contributed by atoms with van der Waals surface area (Å²) in [5.41, 5.74) is 0.964. The molecule has 1 aromatic carbocycles. The van der Waals surface area contributed by atoms with Crippen molar-refractivity contribution in [2.45, 2.75) is 39.8 Å². The Morgan fingerprint density at radius 2 is 1.74 bits per heavy atom. The van der Waals surface area contributed by atoms with Crippen LogP contribution in [-0.2, 0) is 4.79 Å². The summed E-state index contributed by atoms with van der Waals surface area (Å²) in [5.74, 6) is 0.146. The minimum absolute atomic E-state index is 0.0145. The Morgan fingerprint density at radius 1 is 1.16 bits per heavy atom. The van der Waals surface area contributed by atoms with E-state index in [0.717, 1.165) is 5.56 Å². The Morgan fingerprint density at radius 3 is 2.26 bits per heavy atom. The van der Waals surface area contributed by atoms with Gasteiger partial charge in [0.25, 0.3) is 0 Å². The van der Waals surface area contributed by atoms with Gasteiger partial charge in [0.05, 0.1) is 6.54 Å². The average molecular weight is 266 g/mol. The molecule has 1 amide bonds. The normalized spacial score (nSPS) is 14.2. The van der Waals surface area contributed by atoms with E-state index in [1.807, 2.05) is 13.8 Å². The molecule has 4 heteroatoms. The Bertz CT molecular complexity index is 403. The minimum atomic E-state index is -0.251. The van der Waals surface area contributed by atoms with Gasteiger partial charge in [-0.05, 0) is 37.5 Å². The minimum Gasteiger partial charge on any atom is -0.352 e. The lowest BCUT2D eigenvalue weighted by Crippen LogP contribution is -2.41. The van der Waals surface area contributed by atoms with Crippen molar-refractivity contribution in [1.29, 1.82) is 0 Å². The lowest BCUT2D eigenvalue weighted by atomic mass is 10.1. The zero-order valence-electron chi connectivity index (χ0n) is 12.0. The molecule has 0 fully saturated rings. The topological polar surface area (TPSA) is 41.1 Å². The predicted octanol–water partition coefficient (Wildman–Crippen LogP) is 2.64. The van der Waals surface area contributed by atoms with Gasteiger partial charge in [-0.25, -0.2) is 4.39 Å². The van der Waals surface area contributed by atoms with E-state index in [1.54, 1.807) is 12.1 Å². The van der Waals surface area contributed by atoms with Crippen LogP contribution in [0.1, 0.15) is 39.3 Å². The van der Waals surface area contributed by atoms with Gasteiger partial charge < -0.3 is 10.6 Å². The van der Waals surface area contributed by atoms with E-state index in [2.05, 4.69) is 24.5 Å². The largest absolute Gasteiger partial charge is 0.352 e. The molecule has 2 N–H and O–H groups in total. The number of carbonyl (C=O) groups excluding carboxylic acids is 1. The van der Waals surface area contributed by atoms with Crippen LogP contribution in [0, 0.1) is 11.7 Å². The Hall–Kier alpha value is -1.42. The van der Waals surface area contributed by atoms with E-state index in [9.17, 15) is 9.18 Å². The van der Waals surface area contributed by atoms with Gasteiger partial charge in [-0.15, -0.1) is 0 Å². The molecule has 1 unspecified atom stereocenters. The number of hydrogen-bond donors (Lipinski definition) is 2. The van der Waals surface area contributed by atoms with Crippen molar-refractivity contribution >= 4 is 5.91 Å². The van der Waals surface area contributed by atoms with Gasteiger partial charge in [0, 0.05) is 12.1 Å². The highest BCUT2D eigenvalue weighted by atomic mass is 19.1. The number of nitrogens with one attached hydrogen (secondary N) is 2. The molecule has 0 aromatic heterocycles. The second-order valence-corrected chi connectivity index (χ2v) is 5.25. The zero-order chi connectivity index (χ0) is 14.4. The fourth-order valence-corrected chi connectivity index (χ4v) is 1.59. The summed E-state index contributed by atoms with van der Waals surface area (Å²) >= 11 is 0. The summed E-state index contributed by atoms with van der Waals surface area (Å²) in [6.07, 6.45) is 0. The molecule has 0 spiro atoms. The number of rotatable bonds is 6. The van der Waals surface area contributed by atoms with E-state index in [4.69, 9.17) is 0 Å². The fraction of sp³-hybridized carbons (Fsp3) is 0.533. The first-order valence-electron chi connectivity index (χ1n) is 6.68. The van der Waals surface area contributed by atoms with Gasteiger partial charge in [0.1, 0.15) is 5.82 Å². The van der Waals surface area contributed by atoms with Crippen molar-refractivity contribution in [3.05, 3.63) is 35.6 Å². The Balaban J connectivity index is 2.39. The monoisotopic (exact) mass is 266 g/mol. The van der Waals surface area contributed by atoms with Gasteiger partial charge in [0.15, 0.2) is 0 Å². The highest BCUT2D eigenvalue weighted by Gasteiger charge is 2.12. The molecular formula is C15H23FN2O. The van der Waals surface area contributed by atoms with Crippen LogP contribution in [0.4, 0.5) is 4.39 Å². The quantitative estimate of drug-likeness (QED) is 0.831. The maximum absolute atomic E-state index is 12.8. The predicted molar refractivity (Wildman–Crippen MR) is 75.3 cm³/mol. The first kappa shape index (κ1) is 15.6. The zero-order valence-corrected chi connectivity index (χ0v) is 12.0. The second kappa shape index (κ2) is 7.24. The molecule has 1 rings (SSSR count). The van der Waals surface area contributed by atoms with Crippen LogP contribution < -0.4 is 10.6 Å². The fourth-order valence-electron chi connectivity index (χ4n) is 1.59. The van der Waals surface area contributed by atoms with Crippen LogP contribution in [-0.4, -0.2) is 18.5 Å². The van der Waals surface area contributed by atoms with E-state index < -0.39 is 0 Å². The van der Waals surface area contributed by atoms with E-state index >= 15 is 0 Å². The number of halogens is 1. The summed E-state index contributed by atoms with van der Waals surface area (Å²) in [6, 6.07) is 6.47. The average Bonchev–Trinajstić information content (AvgIpc) is 2.36. The molecule has 0 aliphatic heterocycles. The summed E-state index contributed by atoms with van der Waals surface area (Å²) in [6.45, 7) is 8.34. The van der Waals surface area contributed by atoms with Crippen LogP contribution in [0.2, 0.25) is 0 Å². The van der Waals surface area contributed by atoms with Crippen molar-refractivity contribution in [3.8, 4) is 0 Å². The highest BCUT2D eigenvalue weighted by molar-refractivity contribution is 5.78. The van der Waals surface area contributed by atoms with Crippen molar-refractivity contribution < 1.29 is 9.18 Å². The van der Waals surface area contributed by atoms with Crippen LogP contribution in [0.5, 0.6) is 0 Å². The van der Waals surface area contributed by atoms with Gasteiger partial charge in [-0.3, -0.25) is 4.79 Å². The van der Waals surface area contributed by atoms with E-state index in [-0.39, 0.29) is 30.4 Å². The smallest absolute Gasteiger partial charge is 0.234 e. The van der Waals surface area contributed by atoms with Crippen molar-refractivity contribution in [3.63, 3.8) is 0 Å². The van der Waals surface area contributed by atoms with Crippen LogP contribution >= 0.6 is 0 Å². The molecule has 0 saturated carbocycles. The summed E-state index contributed by atoms with van der Waals surface area (Å²) < 4.78 is 12.8. The summed E-state index contributed by atoms with van der Waals surface area (Å²) in [7, 11) is 0. The summed E-state index contributed by atoms with van der Waals surface area (Å²) in [5, 5.41) is 6.06. The molecule has 19 heavy (non-hydrogen) atoms. The van der Waals surface area contributed by atoms with Crippen molar-refractivity contribution in [2.24, 2.45) is 5.92 Å². The molecule has 2 atom stereocenters. The molecule has 0 heterocycles. The lowest BCUT2D eigenvalue weighted by Gasteiger charge is -2.19. The first-order valence-corrected chi connectivity index (χ1v) is 6.68. The maximum Gasteiger partial charge on any atom is 0.234 e. The standard InChI is InChI=1S/C15H23FN2O/c1-10(2)11(3)18-15(19)9-17-12(4)13-5-7-14(16)8-6-13/h5-8,10-12,17H,9H2,1-4H3,(H,18,19)/t11?,12-/m1/s1. The number of benzene rings is 1. The van der Waals surface area contributed by atoms with Crippen LogP contribution in [0.3, 0.4) is 0 Å². The third-order valence-corrected chi connectivity index (χ3v) is 3.33. The number of carbonyl (C=O) groups is 1. The molecule has 3 nitrogen and oxygen atoms in total. The highest BCUT2D eigenvalue weighted by Crippen LogP contribution is 2.12. The molecule has 0 radical (unpaired) electrons. The van der Waals surface area contributed by atoms with Gasteiger partial charge in [-0.1, -0.05) is 26.0 Å². The maximum atomic E-state index is 12.8. The van der Waals surface area contributed by atoms with Gasteiger partial charge in [-0.2, -0.15) is 0 Å². The molecule has 0 aliphatic carbocycles. The number of amides is 1. The molecule has 1 aromatic rings. The van der Waals surface area contributed by atoms with E-state index in [1.165, 1.54) is 12.1 Å². The first-order chi connectivity index (χ1) is 8.90. The SMILES string of the molecule is CC(C)C(C)NC(=O)CN[C@H](C)c1ccc(F)cc1. The second-order valence-electron chi connectivity index (χ2n) is 5.25. The molecular weight excluding hydrogens is 243 g/mol. The third-order valence-electron chi connectivity index (χ3n) is 3.33. The van der Waals surface area contributed by atoms with Crippen molar-refractivity contribution in [2.75, 3.05) is 6.54 Å².